The molecule has 1 atom stereocenters. The molecule has 0 bridgehead atoms. The number of nitrogens with zero attached hydrogens (tertiary/aromatic N) is 1. The van der Waals surface area contributed by atoms with E-state index in [1.807, 2.05) is 18.2 Å². The molecular formula is C34H35ClFN3O5S. The van der Waals surface area contributed by atoms with Gasteiger partial charge in [0, 0.05) is 23.8 Å². The molecule has 236 valence electrons. The Kier molecular flexibility index (Phi) is 11.6. The van der Waals surface area contributed by atoms with Gasteiger partial charge in [-0.05, 0) is 84.1 Å². The van der Waals surface area contributed by atoms with E-state index in [9.17, 15) is 22.4 Å². The predicted octanol–water partition coefficient (Wildman–Crippen LogP) is 6.59. The monoisotopic (exact) mass is 651 g/mol. The van der Waals surface area contributed by atoms with Gasteiger partial charge in [0.25, 0.3) is 15.9 Å². The molecule has 4 aromatic carbocycles. The van der Waals surface area contributed by atoms with Crippen molar-refractivity contribution in [2.75, 3.05) is 17.9 Å². The summed E-state index contributed by atoms with van der Waals surface area (Å²) in [5.74, 6) is -0.601. The zero-order valence-corrected chi connectivity index (χ0v) is 26.5. The van der Waals surface area contributed by atoms with Gasteiger partial charge >= 0.3 is 0 Å². The van der Waals surface area contributed by atoms with Gasteiger partial charge in [-0.3, -0.25) is 14.3 Å². The fourth-order valence-corrected chi connectivity index (χ4v) is 5.66. The summed E-state index contributed by atoms with van der Waals surface area (Å²) in [6.07, 6.45) is 0.784. The lowest BCUT2D eigenvalue weighted by Gasteiger charge is -2.31. The number of carbonyl (C=O) groups excluding carboxylic acids is 2. The smallest absolute Gasteiger partial charge is 0.261 e. The largest absolute Gasteiger partial charge is 0.484 e. The van der Waals surface area contributed by atoms with E-state index >= 15 is 0 Å². The molecule has 4 aromatic rings. The number of halogens is 2. The molecule has 45 heavy (non-hydrogen) atoms. The molecule has 0 aliphatic carbocycles. The molecule has 0 heterocycles. The van der Waals surface area contributed by atoms with Crippen LogP contribution in [-0.4, -0.2) is 38.3 Å². The molecule has 2 amide bonds. The lowest BCUT2D eigenvalue weighted by Crippen LogP contribution is -2.45. The number of hydrogen-bond acceptors (Lipinski definition) is 5. The summed E-state index contributed by atoms with van der Waals surface area (Å²) >= 11 is 6.09. The first-order valence-corrected chi connectivity index (χ1v) is 16.3. The van der Waals surface area contributed by atoms with Crippen LogP contribution in [0.4, 0.5) is 10.1 Å². The van der Waals surface area contributed by atoms with Crippen LogP contribution < -0.4 is 14.8 Å². The first-order valence-electron chi connectivity index (χ1n) is 14.4. The van der Waals surface area contributed by atoms with Crippen molar-refractivity contribution < 1.29 is 27.1 Å². The maximum Gasteiger partial charge on any atom is 0.261 e. The maximum absolute atomic E-state index is 13.8. The Morgan fingerprint density at radius 2 is 1.53 bits per heavy atom. The quantitative estimate of drug-likeness (QED) is 0.160. The third-order valence-electron chi connectivity index (χ3n) is 6.88. The van der Waals surface area contributed by atoms with Crippen LogP contribution in [0, 0.1) is 11.7 Å². The van der Waals surface area contributed by atoms with Gasteiger partial charge in [0.15, 0.2) is 6.61 Å². The van der Waals surface area contributed by atoms with Crippen molar-refractivity contribution in [3.8, 4) is 5.75 Å². The van der Waals surface area contributed by atoms with Gasteiger partial charge in [0.05, 0.1) is 4.90 Å². The Bertz CT molecular complexity index is 1670. The fraction of sp³-hybridized carbons (Fsp3) is 0.235. The Hall–Kier alpha value is -4.41. The molecule has 0 unspecified atom stereocenters. The average molecular weight is 652 g/mol. The second-order valence-corrected chi connectivity index (χ2v) is 12.9. The minimum atomic E-state index is -3.95. The van der Waals surface area contributed by atoms with Crippen LogP contribution in [0.5, 0.6) is 5.75 Å². The summed E-state index contributed by atoms with van der Waals surface area (Å²) in [5.41, 5.74) is 1.63. The molecule has 0 aromatic heterocycles. The second-order valence-electron chi connectivity index (χ2n) is 10.8. The van der Waals surface area contributed by atoms with Crippen molar-refractivity contribution >= 4 is 39.1 Å². The van der Waals surface area contributed by atoms with E-state index < -0.39 is 34.4 Å². The molecule has 8 nitrogen and oxygen atoms in total. The number of nitrogens with one attached hydrogen (secondary N) is 2. The van der Waals surface area contributed by atoms with Crippen LogP contribution >= 0.6 is 11.6 Å². The molecule has 0 radical (unpaired) electrons. The van der Waals surface area contributed by atoms with Crippen molar-refractivity contribution in [2.24, 2.45) is 5.92 Å². The molecule has 2 N–H and O–H groups in total. The summed E-state index contributed by atoms with van der Waals surface area (Å²) in [6, 6.07) is 25.6. The van der Waals surface area contributed by atoms with Crippen molar-refractivity contribution in [1.82, 2.24) is 10.2 Å². The Morgan fingerprint density at radius 1 is 0.889 bits per heavy atom. The minimum Gasteiger partial charge on any atom is -0.484 e. The van der Waals surface area contributed by atoms with Crippen LogP contribution in [0.15, 0.2) is 108 Å². The number of hydrogen-bond donors (Lipinski definition) is 2. The van der Waals surface area contributed by atoms with Crippen molar-refractivity contribution in [1.29, 1.82) is 0 Å². The Labute approximate surface area is 268 Å². The third-order valence-corrected chi connectivity index (χ3v) is 8.52. The summed E-state index contributed by atoms with van der Waals surface area (Å²) in [7, 11) is -3.95. The third kappa shape index (κ3) is 9.79. The molecule has 4 rings (SSSR count). The van der Waals surface area contributed by atoms with E-state index in [1.165, 1.54) is 41.3 Å². The highest BCUT2D eigenvalue weighted by Gasteiger charge is 2.32. The van der Waals surface area contributed by atoms with Gasteiger partial charge in [-0.25, -0.2) is 12.8 Å². The minimum absolute atomic E-state index is 0.0444. The van der Waals surface area contributed by atoms with Gasteiger partial charge in [-0.15, -0.1) is 0 Å². The summed E-state index contributed by atoms with van der Waals surface area (Å²) < 4.78 is 46.9. The van der Waals surface area contributed by atoms with Crippen molar-refractivity contribution in [3.05, 3.63) is 125 Å². The SMILES string of the molecule is CC(C)CCNC(=O)[C@H](c1ccccc1)N(Cc1ccc(Cl)cc1)C(=O)COc1ccc(S(=O)(=O)Nc2ccc(F)cc2)cc1. The van der Waals surface area contributed by atoms with Crippen molar-refractivity contribution in [2.45, 2.75) is 37.8 Å². The topological polar surface area (TPSA) is 105 Å². The fourth-order valence-electron chi connectivity index (χ4n) is 4.47. The first kappa shape index (κ1) is 33.5. The van der Waals surface area contributed by atoms with Crippen LogP contribution in [0.25, 0.3) is 0 Å². The second kappa shape index (κ2) is 15.5. The molecular weight excluding hydrogens is 617 g/mol. The molecule has 0 aliphatic heterocycles. The zero-order valence-electron chi connectivity index (χ0n) is 25.0. The zero-order chi connectivity index (χ0) is 32.4. The number of carbonyl (C=O) groups is 2. The number of amides is 2. The molecule has 0 spiro atoms. The number of anilines is 1. The lowest BCUT2D eigenvalue weighted by atomic mass is 10.0. The first-order chi connectivity index (χ1) is 21.5. The molecule has 0 aliphatic rings. The lowest BCUT2D eigenvalue weighted by molar-refractivity contribution is -0.143. The van der Waals surface area contributed by atoms with Crippen LogP contribution in [0.1, 0.15) is 37.4 Å². The highest BCUT2D eigenvalue weighted by Crippen LogP contribution is 2.26. The maximum atomic E-state index is 13.8. The van der Waals surface area contributed by atoms with Crippen LogP contribution in [0.2, 0.25) is 5.02 Å². The van der Waals surface area contributed by atoms with E-state index in [-0.39, 0.29) is 28.8 Å². The summed E-state index contributed by atoms with van der Waals surface area (Å²) in [5, 5.41) is 3.53. The predicted molar refractivity (Wildman–Crippen MR) is 173 cm³/mol. The molecule has 0 saturated carbocycles. The molecule has 0 fully saturated rings. The average Bonchev–Trinajstić information content (AvgIpc) is 3.02. The summed E-state index contributed by atoms with van der Waals surface area (Å²) in [6.45, 7) is 4.31. The van der Waals surface area contributed by atoms with E-state index in [0.29, 0.717) is 23.0 Å². The van der Waals surface area contributed by atoms with Gasteiger partial charge in [-0.1, -0.05) is 67.9 Å². The van der Waals surface area contributed by atoms with E-state index in [1.54, 1.807) is 36.4 Å². The highest BCUT2D eigenvalue weighted by atomic mass is 35.5. The van der Waals surface area contributed by atoms with E-state index in [2.05, 4.69) is 23.9 Å². The Balaban J connectivity index is 1.53. The summed E-state index contributed by atoms with van der Waals surface area (Å²) in [4.78, 5) is 28.8. The van der Waals surface area contributed by atoms with Crippen LogP contribution in [-0.2, 0) is 26.2 Å². The van der Waals surface area contributed by atoms with Crippen LogP contribution in [0.3, 0.4) is 0 Å². The Morgan fingerprint density at radius 3 is 2.16 bits per heavy atom. The van der Waals surface area contributed by atoms with Gasteiger partial charge in [0.1, 0.15) is 17.6 Å². The number of ether oxygens (including phenoxy) is 1. The van der Waals surface area contributed by atoms with E-state index in [4.69, 9.17) is 16.3 Å². The van der Waals surface area contributed by atoms with Gasteiger partial charge in [0.2, 0.25) is 5.91 Å². The molecule has 0 saturated heterocycles. The van der Waals surface area contributed by atoms with Gasteiger partial charge in [-0.2, -0.15) is 0 Å². The van der Waals surface area contributed by atoms with Gasteiger partial charge < -0.3 is 15.0 Å². The molecule has 11 heteroatoms. The van der Waals surface area contributed by atoms with Crippen molar-refractivity contribution in [3.63, 3.8) is 0 Å². The standard InChI is InChI=1S/C34H35ClFN3O5S/c1-24(2)20-21-37-34(41)33(26-6-4-3-5-7-26)39(22-25-8-10-27(35)11-9-25)32(40)23-44-30-16-18-31(19-17-30)45(42,43)38-29-14-12-28(36)13-15-29/h3-19,24,33,38H,20-23H2,1-2H3,(H,37,41)/t33-/m0/s1. The number of benzene rings is 4. The normalized spacial score (nSPS) is 11.9. The number of rotatable bonds is 14. The highest BCUT2D eigenvalue weighted by molar-refractivity contribution is 7.92. The van der Waals surface area contributed by atoms with E-state index in [0.717, 1.165) is 24.1 Å². The number of sulfonamides is 1.